The molecule has 7 heteroatoms. The minimum absolute atomic E-state index is 0.239. The third-order valence-electron chi connectivity index (χ3n) is 2.49. The van der Waals surface area contributed by atoms with Gasteiger partial charge in [-0.05, 0) is 31.2 Å². The lowest BCUT2D eigenvalue weighted by Gasteiger charge is -2.03. The Morgan fingerprint density at radius 1 is 1.40 bits per heavy atom. The van der Waals surface area contributed by atoms with Gasteiger partial charge in [0.1, 0.15) is 5.75 Å². The van der Waals surface area contributed by atoms with Crippen molar-refractivity contribution in [3.63, 3.8) is 0 Å². The van der Waals surface area contributed by atoms with Gasteiger partial charge in [-0.25, -0.2) is 9.98 Å². The lowest BCUT2D eigenvalue weighted by atomic mass is 10.3. The van der Waals surface area contributed by atoms with Gasteiger partial charge >= 0.3 is 5.95 Å². The number of nitrogens with two attached hydrogens (primary N) is 1. The molecular formula is C13H16N5O2+. The SMILES string of the molecule is COc1ccc(NC(N)=[NH+]c2nc(C)cc(=O)[nH]2)cc1. The van der Waals surface area contributed by atoms with Gasteiger partial charge < -0.3 is 10.5 Å². The lowest BCUT2D eigenvalue weighted by Crippen LogP contribution is -2.73. The van der Waals surface area contributed by atoms with Gasteiger partial charge in [0.25, 0.3) is 11.5 Å². The second-order valence-electron chi connectivity index (χ2n) is 4.13. The van der Waals surface area contributed by atoms with Gasteiger partial charge in [-0.2, -0.15) is 0 Å². The van der Waals surface area contributed by atoms with E-state index in [1.165, 1.54) is 6.07 Å². The molecule has 1 aromatic carbocycles. The van der Waals surface area contributed by atoms with Crippen LogP contribution in [0.5, 0.6) is 5.75 Å². The van der Waals surface area contributed by atoms with Crippen LogP contribution in [0.4, 0.5) is 11.6 Å². The number of aryl methyl sites for hydroxylation is 1. The number of benzene rings is 1. The Hall–Kier alpha value is -2.83. The van der Waals surface area contributed by atoms with Crippen LogP contribution in [0.1, 0.15) is 5.69 Å². The van der Waals surface area contributed by atoms with Crippen LogP contribution >= 0.6 is 0 Å². The van der Waals surface area contributed by atoms with E-state index < -0.39 is 0 Å². The fourth-order valence-electron chi connectivity index (χ4n) is 1.63. The highest BCUT2D eigenvalue weighted by Gasteiger charge is 2.04. The third-order valence-corrected chi connectivity index (χ3v) is 2.49. The minimum Gasteiger partial charge on any atom is -0.497 e. The first-order valence-electron chi connectivity index (χ1n) is 5.95. The van der Waals surface area contributed by atoms with Gasteiger partial charge in [0, 0.05) is 6.07 Å². The summed E-state index contributed by atoms with van der Waals surface area (Å²) in [5, 5.41) is 2.95. The number of hydrogen-bond donors (Lipinski definition) is 4. The Balaban J connectivity index is 2.15. The number of hydrogen-bond acceptors (Lipinski definition) is 3. The molecule has 0 fully saturated rings. The van der Waals surface area contributed by atoms with Gasteiger partial charge in [0.05, 0.1) is 18.5 Å². The molecule has 5 N–H and O–H groups in total. The van der Waals surface area contributed by atoms with E-state index in [1.54, 1.807) is 14.0 Å². The normalized spacial score (nSPS) is 11.2. The average molecular weight is 274 g/mol. The molecule has 104 valence electrons. The molecule has 0 amide bonds. The predicted octanol–water partition coefficient (Wildman–Crippen LogP) is -0.774. The first-order valence-corrected chi connectivity index (χ1v) is 5.95. The standard InChI is InChI=1S/C13H15N5O2/c1-8-7-11(19)17-13(15-8)18-12(14)16-9-3-5-10(20-2)6-4-9/h3-7H,1-2H3,(H4,14,15,16,17,18,19)/p+1. The van der Waals surface area contributed by atoms with Gasteiger partial charge in [-0.15, -0.1) is 4.98 Å². The third kappa shape index (κ3) is 3.58. The molecule has 0 saturated heterocycles. The maximum atomic E-state index is 11.3. The largest absolute Gasteiger partial charge is 0.497 e. The molecule has 7 nitrogen and oxygen atoms in total. The number of aromatic amines is 1. The number of nitrogens with zero attached hydrogens (tertiary/aromatic N) is 1. The first kappa shape index (κ1) is 13.6. The molecule has 2 rings (SSSR count). The van der Waals surface area contributed by atoms with Gasteiger partial charge in [0.15, 0.2) is 0 Å². The first-order chi connectivity index (χ1) is 9.56. The maximum absolute atomic E-state index is 11.3. The monoisotopic (exact) mass is 274 g/mol. The van der Waals surface area contributed by atoms with Crippen LogP contribution in [-0.2, 0) is 0 Å². The summed E-state index contributed by atoms with van der Waals surface area (Å²) in [6.07, 6.45) is 0. The van der Waals surface area contributed by atoms with Crippen molar-refractivity contribution in [1.82, 2.24) is 9.97 Å². The van der Waals surface area contributed by atoms with E-state index in [0.29, 0.717) is 5.69 Å². The lowest BCUT2D eigenvalue weighted by molar-refractivity contribution is -0.365. The van der Waals surface area contributed by atoms with Crippen LogP contribution < -0.4 is 26.3 Å². The summed E-state index contributed by atoms with van der Waals surface area (Å²) in [6.45, 7) is 1.73. The number of methoxy groups -OCH3 is 1. The van der Waals surface area contributed by atoms with E-state index in [0.717, 1.165) is 11.4 Å². The zero-order valence-corrected chi connectivity index (χ0v) is 11.2. The Labute approximate surface area is 115 Å². The summed E-state index contributed by atoms with van der Waals surface area (Å²) >= 11 is 0. The molecule has 0 spiro atoms. The molecule has 0 saturated carbocycles. The highest BCUT2D eigenvalue weighted by molar-refractivity contribution is 5.88. The molecule has 0 aliphatic carbocycles. The minimum atomic E-state index is -0.239. The highest BCUT2D eigenvalue weighted by Crippen LogP contribution is 2.14. The molecule has 2 aromatic rings. The predicted molar refractivity (Wildman–Crippen MR) is 76.0 cm³/mol. The summed E-state index contributed by atoms with van der Waals surface area (Å²) in [4.78, 5) is 20.7. The summed E-state index contributed by atoms with van der Waals surface area (Å²) in [7, 11) is 1.60. The Bertz CT molecular complexity index is 676. The number of H-pyrrole nitrogens is 1. The fourth-order valence-corrected chi connectivity index (χ4v) is 1.63. The van der Waals surface area contributed by atoms with Crippen molar-refractivity contribution < 1.29 is 9.73 Å². The van der Waals surface area contributed by atoms with Crippen molar-refractivity contribution in [2.45, 2.75) is 6.92 Å². The Morgan fingerprint density at radius 3 is 2.70 bits per heavy atom. The van der Waals surface area contributed by atoms with E-state index in [-0.39, 0.29) is 17.5 Å². The van der Waals surface area contributed by atoms with Crippen LogP contribution in [-0.4, -0.2) is 23.0 Å². The number of ether oxygens (including phenoxy) is 1. The van der Waals surface area contributed by atoms with Gasteiger partial charge in [-0.1, -0.05) is 0 Å². The summed E-state index contributed by atoms with van der Waals surface area (Å²) in [5.74, 6) is 1.30. The van der Waals surface area contributed by atoms with E-state index in [9.17, 15) is 4.79 Å². The highest BCUT2D eigenvalue weighted by atomic mass is 16.5. The molecule has 0 aliphatic heterocycles. The molecule has 0 aliphatic rings. The van der Waals surface area contributed by atoms with Crippen molar-refractivity contribution >= 4 is 17.6 Å². The van der Waals surface area contributed by atoms with Gasteiger partial charge in [-0.3, -0.25) is 10.1 Å². The van der Waals surface area contributed by atoms with Crippen molar-refractivity contribution in [3.05, 3.63) is 46.4 Å². The fraction of sp³-hybridized carbons (Fsp3) is 0.154. The quantitative estimate of drug-likeness (QED) is 0.434. The Morgan fingerprint density at radius 2 is 2.10 bits per heavy atom. The van der Waals surface area contributed by atoms with Gasteiger partial charge in [0.2, 0.25) is 0 Å². The van der Waals surface area contributed by atoms with E-state index in [4.69, 9.17) is 10.5 Å². The number of anilines is 1. The van der Waals surface area contributed by atoms with Crippen molar-refractivity contribution in [1.29, 1.82) is 0 Å². The van der Waals surface area contributed by atoms with Crippen LogP contribution in [0.25, 0.3) is 0 Å². The second kappa shape index (κ2) is 5.87. The van der Waals surface area contributed by atoms with Crippen LogP contribution in [0.15, 0.2) is 35.1 Å². The molecule has 20 heavy (non-hydrogen) atoms. The van der Waals surface area contributed by atoms with Crippen molar-refractivity contribution in [2.24, 2.45) is 5.73 Å². The van der Waals surface area contributed by atoms with Crippen LogP contribution in [0.3, 0.4) is 0 Å². The number of guanidine groups is 1. The molecular weight excluding hydrogens is 258 g/mol. The van der Waals surface area contributed by atoms with E-state index in [1.807, 2.05) is 24.3 Å². The molecule has 0 atom stereocenters. The number of nitrogens with one attached hydrogen (secondary N) is 3. The zero-order chi connectivity index (χ0) is 14.5. The summed E-state index contributed by atoms with van der Waals surface area (Å²) in [6, 6.07) is 8.66. The Kier molecular flexibility index (Phi) is 3.99. The van der Waals surface area contributed by atoms with Crippen LogP contribution in [0, 0.1) is 6.92 Å². The summed E-state index contributed by atoms with van der Waals surface area (Å²) in [5.41, 5.74) is 6.96. The smallest absolute Gasteiger partial charge is 0.325 e. The average Bonchev–Trinajstić information content (AvgIpc) is 2.38. The van der Waals surface area contributed by atoms with Crippen LogP contribution in [0.2, 0.25) is 0 Å². The molecule has 1 aromatic heterocycles. The molecule has 1 heterocycles. The van der Waals surface area contributed by atoms with E-state index >= 15 is 0 Å². The summed E-state index contributed by atoms with van der Waals surface area (Å²) < 4.78 is 5.06. The zero-order valence-electron chi connectivity index (χ0n) is 11.2. The number of rotatable bonds is 3. The molecule has 0 radical (unpaired) electrons. The topological polar surface area (TPSA) is 107 Å². The molecule has 0 bridgehead atoms. The van der Waals surface area contributed by atoms with Crippen molar-refractivity contribution in [2.75, 3.05) is 12.4 Å². The second-order valence-corrected chi connectivity index (χ2v) is 4.13. The van der Waals surface area contributed by atoms with E-state index in [2.05, 4.69) is 20.3 Å². The molecule has 0 unspecified atom stereocenters. The number of aromatic nitrogens is 2. The van der Waals surface area contributed by atoms with Crippen molar-refractivity contribution in [3.8, 4) is 5.75 Å². The maximum Gasteiger partial charge on any atom is 0.325 e.